The van der Waals surface area contributed by atoms with Gasteiger partial charge in [0.05, 0.1) is 0 Å². The predicted molar refractivity (Wildman–Crippen MR) is 64.0 cm³/mol. The highest BCUT2D eigenvalue weighted by Gasteiger charge is 2.35. The van der Waals surface area contributed by atoms with Crippen molar-refractivity contribution in [2.75, 3.05) is 0 Å². The molecular formula is C13H15FN2O2. The van der Waals surface area contributed by atoms with Crippen LogP contribution in [0.4, 0.5) is 4.39 Å². The van der Waals surface area contributed by atoms with Crippen LogP contribution in [-0.2, 0) is 16.1 Å². The molecule has 2 unspecified atom stereocenters. The predicted octanol–water partition coefficient (Wildman–Crippen LogP) is 1.06. The van der Waals surface area contributed by atoms with Gasteiger partial charge in [-0.1, -0.05) is 12.1 Å². The molecule has 1 N–H and O–H groups in total. The number of hydrogen-bond donors (Lipinski definition) is 1. The van der Waals surface area contributed by atoms with E-state index in [2.05, 4.69) is 5.32 Å². The van der Waals surface area contributed by atoms with Crippen LogP contribution < -0.4 is 5.32 Å². The lowest BCUT2D eigenvalue weighted by atomic mass is 10.1. The van der Waals surface area contributed by atoms with Crippen LogP contribution in [-0.4, -0.2) is 28.8 Å². The zero-order chi connectivity index (χ0) is 13.3. The van der Waals surface area contributed by atoms with Gasteiger partial charge < -0.3 is 10.2 Å². The first-order valence-electron chi connectivity index (χ1n) is 5.84. The van der Waals surface area contributed by atoms with Crippen LogP contribution in [0.25, 0.3) is 0 Å². The Bertz CT molecular complexity index is 490. The minimum Gasteiger partial charge on any atom is -0.343 e. The second-order valence-corrected chi connectivity index (χ2v) is 4.50. The Labute approximate surface area is 105 Å². The minimum atomic E-state index is -0.531. The number of hydrogen-bond acceptors (Lipinski definition) is 2. The van der Waals surface area contributed by atoms with Crippen molar-refractivity contribution in [2.24, 2.45) is 0 Å². The molecule has 1 fully saturated rings. The Balaban J connectivity index is 2.20. The maximum atomic E-state index is 13.1. The fourth-order valence-electron chi connectivity index (χ4n) is 2.02. The summed E-state index contributed by atoms with van der Waals surface area (Å²) < 4.78 is 13.1. The zero-order valence-electron chi connectivity index (χ0n) is 10.3. The van der Waals surface area contributed by atoms with Crippen LogP contribution in [0.3, 0.4) is 0 Å². The summed E-state index contributed by atoms with van der Waals surface area (Å²) in [6.45, 7) is 3.55. The highest BCUT2D eigenvalue weighted by Crippen LogP contribution is 2.15. The lowest BCUT2D eigenvalue weighted by Crippen LogP contribution is -2.60. The highest BCUT2D eigenvalue weighted by atomic mass is 19.1. The number of carbonyl (C=O) groups excluding carboxylic acids is 2. The monoisotopic (exact) mass is 250 g/mol. The average molecular weight is 250 g/mol. The van der Waals surface area contributed by atoms with Gasteiger partial charge in [-0.25, -0.2) is 4.39 Å². The van der Waals surface area contributed by atoms with Gasteiger partial charge in [-0.3, -0.25) is 9.59 Å². The molecule has 0 radical (unpaired) electrons. The standard InChI is InChI=1S/C13H15FN2O2/c1-8-13(18)16(9(2)12(17)15-8)7-10-4-3-5-11(14)6-10/h3-6,8-9H,7H2,1-2H3,(H,15,17). The molecule has 0 aromatic heterocycles. The first kappa shape index (κ1) is 12.5. The Hall–Kier alpha value is -1.91. The Morgan fingerprint density at radius 2 is 2.06 bits per heavy atom. The van der Waals surface area contributed by atoms with Crippen LogP contribution in [0.15, 0.2) is 24.3 Å². The fourth-order valence-corrected chi connectivity index (χ4v) is 2.02. The average Bonchev–Trinajstić information content (AvgIpc) is 2.32. The molecular weight excluding hydrogens is 235 g/mol. The molecule has 5 heteroatoms. The van der Waals surface area contributed by atoms with E-state index < -0.39 is 12.1 Å². The molecule has 96 valence electrons. The second kappa shape index (κ2) is 4.76. The van der Waals surface area contributed by atoms with Gasteiger partial charge >= 0.3 is 0 Å². The third-order valence-corrected chi connectivity index (χ3v) is 3.10. The summed E-state index contributed by atoms with van der Waals surface area (Å²) >= 11 is 0. The maximum Gasteiger partial charge on any atom is 0.245 e. The SMILES string of the molecule is CC1NC(=O)C(C)N(Cc2cccc(F)c2)C1=O. The highest BCUT2D eigenvalue weighted by molar-refractivity contribution is 5.96. The molecule has 1 aromatic carbocycles. The number of nitrogens with zero attached hydrogens (tertiary/aromatic N) is 1. The van der Waals surface area contributed by atoms with E-state index in [-0.39, 0.29) is 24.2 Å². The van der Waals surface area contributed by atoms with E-state index in [4.69, 9.17) is 0 Å². The van der Waals surface area contributed by atoms with Crippen LogP contribution in [0.2, 0.25) is 0 Å². The van der Waals surface area contributed by atoms with Crippen LogP contribution in [0, 0.1) is 5.82 Å². The molecule has 1 aliphatic rings. The van der Waals surface area contributed by atoms with Gasteiger partial charge in [0.2, 0.25) is 11.8 Å². The van der Waals surface area contributed by atoms with Gasteiger partial charge in [-0.15, -0.1) is 0 Å². The summed E-state index contributed by atoms with van der Waals surface area (Å²) in [4.78, 5) is 25.1. The van der Waals surface area contributed by atoms with Crippen molar-refractivity contribution in [3.63, 3.8) is 0 Å². The molecule has 1 heterocycles. The van der Waals surface area contributed by atoms with Gasteiger partial charge in [-0.05, 0) is 31.5 Å². The van der Waals surface area contributed by atoms with Crippen LogP contribution in [0.1, 0.15) is 19.4 Å². The topological polar surface area (TPSA) is 49.4 Å². The molecule has 18 heavy (non-hydrogen) atoms. The van der Waals surface area contributed by atoms with Crippen molar-refractivity contribution in [3.05, 3.63) is 35.6 Å². The molecule has 0 aliphatic carbocycles. The third kappa shape index (κ3) is 2.34. The van der Waals surface area contributed by atoms with Gasteiger partial charge in [0.25, 0.3) is 0 Å². The van der Waals surface area contributed by atoms with Gasteiger partial charge in [0.15, 0.2) is 0 Å². The number of amides is 2. The van der Waals surface area contributed by atoms with Crippen molar-refractivity contribution in [3.8, 4) is 0 Å². The van der Waals surface area contributed by atoms with Gasteiger partial charge in [0, 0.05) is 6.54 Å². The molecule has 2 amide bonds. The van der Waals surface area contributed by atoms with E-state index >= 15 is 0 Å². The van der Waals surface area contributed by atoms with Gasteiger partial charge in [0.1, 0.15) is 17.9 Å². The van der Waals surface area contributed by atoms with Crippen molar-refractivity contribution in [2.45, 2.75) is 32.5 Å². The fraction of sp³-hybridized carbons (Fsp3) is 0.385. The number of carbonyl (C=O) groups is 2. The summed E-state index contributed by atoms with van der Waals surface area (Å²) in [6.07, 6.45) is 0. The van der Waals surface area contributed by atoms with E-state index in [1.807, 2.05) is 0 Å². The summed E-state index contributed by atoms with van der Waals surface area (Å²) in [6, 6.07) is 4.99. The van der Waals surface area contributed by atoms with Crippen LogP contribution in [0.5, 0.6) is 0 Å². The van der Waals surface area contributed by atoms with E-state index in [1.165, 1.54) is 17.0 Å². The molecule has 0 spiro atoms. The molecule has 1 aliphatic heterocycles. The first-order valence-corrected chi connectivity index (χ1v) is 5.84. The Morgan fingerprint density at radius 3 is 2.72 bits per heavy atom. The minimum absolute atomic E-state index is 0.147. The maximum absolute atomic E-state index is 13.1. The van der Waals surface area contributed by atoms with Crippen LogP contribution >= 0.6 is 0 Å². The van der Waals surface area contributed by atoms with E-state index in [0.717, 1.165) is 0 Å². The summed E-state index contributed by atoms with van der Waals surface area (Å²) in [5.74, 6) is -0.674. The molecule has 2 rings (SSSR count). The number of halogens is 1. The number of benzene rings is 1. The third-order valence-electron chi connectivity index (χ3n) is 3.10. The lowest BCUT2D eigenvalue weighted by molar-refractivity contribution is -0.148. The van der Waals surface area contributed by atoms with Gasteiger partial charge in [-0.2, -0.15) is 0 Å². The van der Waals surface area contributed by atoms with Crippen molar-refractivity contribution in [1.29, 1.82) is 0 Å². The smallest absolute Gasteiger partial charge is 0.245 e. The summed E-state index contributed by atoms with van der Waals surface area (Å²) in [5, 5.41) is 2.60. The van der Waals surface area contributed by atoms with Crippen molar-refractivity contribution >= 4 is 11.8 Å². The number of piperazine rings is 1. The number of nitrogens with one attached hydrogen (secondary N) is 1. The molecule has 4 nitrogen and oxygen atoms in total. The van der Waals surface area contributed by atoms with E-state index in [0.29, 0.717) is 5.56 Å². The molecule has 2 atom stereocenters. The molecule has 1 aromatic rings. The Morgan fingerprint density at radius 1 is 1.33 bits per heavy atom. The molecule has 0 bridgehead atoms. The van der Waals surface area contributed by atoms with E-state index in [1.54, 1.807) is 26.0 Å². The number of rotatable bonds is 2. The summed E-state index contributed by atoms with van der Waals surface area (Å²) in [7, 11) is 0. The normalized spacial score (nSPS) is 24.1. The summed E-state index contributed by atoms with van der Waals surface area (Å²) in [5.41, 5.74) is 0.678. The van der Waals surface area contributed by atoms with E-state index in [9.17, 15) is 14.0 Å². The lowest BCUT2D eigenvalue weighted by Gasteiger charge is -2.36. The largest absolute Gasteiger partial charge is 0.343 e. The molecule has 1 saturated heterocycles. The first-order chi connectivity index (χ1) is 8.49. The molecule has 0 saturated carbocycles. The zero-order valence-corrected chi connectivity index (χ0v) is 10.3. The Kier molecular flexibility index (Phi) is 3.32. The van der Waals surface area contributed by atoms with Crippen molar-refractivity contribution in [1.82, 2.24) is 10.2 Å². The quantitative estimate of drug-likeness (QED) is 0.853. The van der Waals surface area contributed by atoms with Crippen molar-refractivity contribution < 1.29 is 14.0 Å². The second-order valence-electron chi connectivity index (χ2n) is 4.50.